The Balaban J connectivity index is 1.99. The molecule has 1 saturated heterocycles. The first kappa shape index (κ1) is 14.8. The van der Waals surface area contributed by atoms with Gasteiger partial charge in [-0.15, -0.1) is 0 Å². The third kappa shape index (κ3) is 2.95. The monoisotopic (exact) mass is 268 g/mol. The number of aliphatic hydroxyl groups is 1. The number of likely N-dealkylation sites (tertiary alicyclic amines) is 1. The van der Waals surface area contributed by atoms with Crippen LogP contribution in [0.25, 0.3) is 0 Å². The van der Waals surface area contributed by atoms with E-state index < -0.39 is 5.41 Å². The van der Waals surface area contributed by atoms with E-state index in [2.05, 4.69) is 24.1 Å². The average Bonchev–Trinajstić information content (AvgIpc) is 2.60. The molecule has 1 saturated carbocycles. The quantitative estimate of drug-likeness (QED) is 0.806. The van der Waals surface area contributed by atoms with E-state index in [1.165, 1.54) is 12.8 Å². The molecule has 110 valence electrons. The molecule has 2 N–H and O–H groups in total. The highest BCUT2D eigenvalue weighted by Gasteiger charge is 2.44. The molecule has 0 radical (unpaired) electrons. The third-order valence-electron chi connectivity index (χ3n) is 4.90. The Morgan fingerprint density at radius 3 is 2.26 bits per heavy atom. The number of carbonyl (C=O) groups excluding carboxylic acids is 1. The normalized spacial score (nSPS) is 31.8. The number of rotatable bonds is 4. The van der Waals surface area contributed by atoms with Gasteiger partial charge < -0.3 is 15.3 Å². The van der Waals surface area contributed by atoms with E-state index in [4.69, 9.17) is 0 Å². The van der Waals surface area contributed by atoms with Gasteiger partial charge in [-0.05, 0) is 52.4 Å². The lowest BCUT2D eigenvalue weighted by Crippen LogP contribution is -2.56. The van der Waals surface area contributed by atoms with Crippen molar-refractivity contribution in [1.82, 2.24) is 10.2 Å². The minimum atomic E-state index is -0.672. The fourth-order valence-electron chi connectivity index (χ4n) is 3.33. The molecule has 4 nitrogen and oxygen atoms in total. The summed E-state index contributed by atoms with van der Waals surface area (Å²) in [4.78, 5) is 14.7. The molecule has 1 amide bonds. The first-order chi connectivity index (χ1) is 8.85. The molecule has 0 aromatic heterocycles. The predicted molar refractivity (Wildman–Crippen MR) is 75.7 cm³/mol. The van der Waals surface area contributed by atoms with E-state index in [1.54, 1.807) is 13.8 Å². The van der Waals surface area contributed by atoms with Crippen LogP contribution in [0, 0.1) is 17.3 Å². The summed E-state index contributed by atoms with van der Waals surface area (Å²) >= 11 is 0. The molecule has 2 rings (SSSR count). The molecule has 1 aliphatic heterocycles. The standard InChI is InChI=1S/C15H28N2O2/c1-10(2)17-7-11-5-6-12(8-17)13(11)16-14(19)15(3,4)9-18/h10-13,18H,5-9H2,1-4H3,(H,16,19)/t11-,12+,13-. The zero-order valence-electron chi connectivity index (χ0n) is 12.6. The Kier molecular flexibility index (Phi) is 4.21. The van der Waals surface area contributed by atoms with Crippen LogP contribution in [-0.4, -0.2) is 47.7 Å². The Morgan fingerprint density at radius 1 is 1.32 bits per heavy atom. The van der Waals surface area contributed by atoms with Crippen LogP contribution in [0.1, 0.15) is 40.5 Å². The Bertz CT molecular complexity index is 327. The van der Waals surface area contributed by atoms with Crippen LogP contribution in [0.15, 0.2) is 0 Å². The number of carbonyl (C=O) groups is 1. The highest BCUT2D eigenvalue weighted by Crippen LogP contribution is 2.38. The third-order valence-corrected chi connectivity index (χ3v) is 4.90. The minimum absolute atomic E-state index is 0.00473. The lowest BCUT2D eigenvalue weighted by atomic mass is 9.88. The number of piperidine rings is 1. The van der Waals surface area contributed by atoms with E-state index in [9.17, 15) is 9.90 Å². The van der Waals surface area contributed by atoms with Gasteiger partial charge in [-0.25, -0.2) is 0 Å². The second-order valence-corrected chi connectivity index (χ2v) is 7.19. The zero-order chi connectivity index (χ0) is 14.2. The van der Waals surface area contributed by atoms with Crippen molar-refractivity contribution in [3.05, 3.63) is 0 Å². The summed E-state index contributed by atoms with van der Waals surface area (Å²) in [7, 11) is 0. The number of fused-ring (bicyclic) bond motifs is 2. The van der Waals surface area contributed by atoms with Crippen molar-refractivity contribution in [3.8, 4) is 0 Å². The van der Waals surface area contributed by atoms with Crippen molar-refractivity contribution >= 4 is 5.91 Å². The molecule has 4 heteroatoms. The van der Waals surface area contributed by atoms with Gasteiger partial charge in [-0.1, -0.05) is 0 Å². The summed E-state index contributed by atoms with van der Waals surface area (Å²) in [5, 5.41) is 12.5. The van der Waals surface area contributed by atoms with Gasteiger partial charge >= 0.3 is 0 Å². The van der Waals surface area contributed by atoms with Gasteiger partial charge in [-0.3, -0.25) is 4.79 Å². The van der Waals surface area contributed by atoms with E-state index in [-0.39, 0.29) is 12.5 Å². The van der Waals surface area contributed by atoms with Crippen LogP contribution in [0.2, 0.25) is 0 Å². The molecule has 2 bridgehead atoms. The maximum atomic E-state index is 12.2. The number of nitrogens with zero attached hydrogens (tertiary/aromatic N) is 1. The predicted octanol–water partition coefficient (Wildman–Crippen LogP) is 1.24. The van der Waals surface area contributed by atoms with Crippen LogP contribution in [0.4, 0.5) is 0 Å². The Hall–Kier alpha value is -0.610. The molecule has 0 spiro atoms. The highest BCUT2D eigenvalue weighted by molar-refractivity contribution is 5.82. The van der Waals surface area contributed by atoms with Crippen LogP contribution in [-0.2, 0) is 4.79 Å². The molecule has 1 aliphatic carbocycles. The molecule has 2 aliphatic rings. The molecule has 0 aromatic carbocycles. The van der Waals surface area contributed by atoms with Crippen molar-refractivity contribution in [3.63, 3.8) is 0 Å². The Morgan fingerprint density at radius 2 is 1.84 bits per heavy atom. The summed E-state index contributed by atoms with van der Waals surface area (Å²) in [5.74, 6) is 1.16. The molecule has 19 heavy (non-hydrogen) atoms. The average molecular weight is 268 g/mol. The van der Waals surface area contributed by atoms with Gasteiger partial charge in [0, 0.05) is 25.2 Å². The van der Waals surface area contributed by atoms with Crippen molar-refractivity contribution < 1.29 is 9.90 Å². The van der Waals surface area contributed by atoms with Gasteiger partial charge in [0.2, 0.25) is 5.91 Å². The molecular weight excluding hydrogens is 240 g/mol. The molecule has 0 aromatic rings. The summed E-state index contributed by atoms with van der Waals surface area (Å²) in [6.07, 6.45) is 2.44. The van der Waals surface area contributed by atoms with E-state index in [0.29, 0.717) is 23.9 Å². The fourth-order valence-corrected chi connectivity index (χ4v) is 3.33. The Labute approximate surface area is 116 Å². The van der Waals surface area contributed by atoms with E-state index in [0.717, 1.165) is 13.1 Å². The SMILES string of the molecule is CC(C)N1C[C@H]2CC[C@@H](C1)[C@@H]2NC(=O)C(C)(C)CO. The van der Waals surface area contributed by atoms with Crippen molar-refractivity contribution in [1.29, 1.82) is 0 Å². The zero-order valence-corrected chi connectivity index (χ0v) is 12.6. The molecule has 3 atom stereocenters. The summed E-state index contributed by atoms with van der Waals surface area (Å²) in [6, 6.07) is 0.905. The number of hydrogen-bond acceptors (Lipinski definition) is 3. The number of nitrogens with one attached hydrogen (secondary N) is 1. The maximum absolute atomic E-state index is 12.2. The fraction of sp³-hybridized carbons (Fsp3) is 0.933. The van der Waals surface area contributed by atoms with Gasteiger partial charge in [0.25, 0.3) is 0 Å². The van der Waals surface area contributed by atoms with Crippen LogP contribution >= 0.6 is 0 Å². The van der Waals surface area contributed by atoms with Gasteiger partial charge in [0.15, 0.2) is 0 Å². The van der Waals surface area contributed by atoms with E-state index in [1.807, 2.05) is 0 Å². The smallest absolute Gasteiger partial charge is 0.228 e. The lowest BCUT2D eigenvalue weighted by molar-refractivity contribution is -0.133. The van der Waals surface area contributed by atoms with E-state index >= 15 is 0 Å². The van der Waals surface area contributed by atoms with Crippen molar-refractivity contribution in [2.75, 3.05) is 19.7 Å². The largest absolute Gasteiger partial charge is 0.395 e. The van der Waals surface area contributed by atoms with Crippen LogP contribution < -0.4 is 5.32 Å². The highest BCUT2D eigenvalue weighted by atomic mass is 16.3. The second-order valence-electron chi connectivity index (χ2n) is 7.19. The van der Waals surface area contributed by atoms with Crippen molar-refractivity contribution in [2.24, 2.45) is 17.3 Å². The summed E-state index contributed by atoms with van der Waals surface area (Å²) in [5.41, 5.74) is -0.672. The summed E-state index contributed by atoms with van der Waals surface area (Å²) < 4.78 is 0. The van der Waals surface area contributed by atoms with Gasteiger partial charge in [0.05, 0.1) is 12.0 Å². The van der Waals surface area contributed by atoms with Gasteiger partial charge in [0.1, 0.15) is 0 Å². The summed E-state index contributed by atoms with van der Waals surface area (Å²) in [6.45, 7) is 10.2. The number of amides is 1. The molecule has 1 heterocycles. The molecular formula is C15H28N2O2. The van der Waals surface area contributed by atoms with Crippen molar-refractivity contribution in [2.45, 2.75) is 52.6 Å². The number of aliphatic hydroxyl groups excluding tert-OH is 1. The maximum Gasteiger partial charge on any atom is 0.228 e. The lowest BCUT2D eigenvalue weighted by Gasteiger charge is -2.41. The molecule has 2 fully saturated rings. The van der Waals surface area contributed by atoms with Crippen LogP contribution in [0.3, 0.4) is 0 Å². The number of hydrogen-bond donors (Lipinski definition) is 2. The molecule has 0 unspecified atom stereocenters. The topological polar surface area (TPSA) is 52.6 Å². The first-order valence-electron chi connectivity index (χ1n) is 7.51. The minimum Gasteiger partial charge on any atom is -0.395 e. The second kappa shape index (κ2) is 5.41. The van der Waals surface area contributed by atoms with Crippen LogP contribution in [0.5, 0.6) is 0 Å². The van der Waals surface area contributed by atoms with Gasteiger partial charge in [-0.2, -0.15) is 0 Å². The first-order valence-corrected chi connectivity index (χ1v) is 7.51.